The summed E-state index contributed by atoms with van der Waals surface area (Å²) in [6, 6.07) is 44.3. The van der Waals surface area contributed by atoms with E-state index in [4.69, 9.17) is 0 Å². The first kappa shape index (κ1) is 18.6. The SMILES string of the molecule is c1cc(-c2ccc3c(ccc4ccccc43)c2)cc(-c2cc3ccc4ccccc4c3s2)c1. The molecule has 7 rings (SSSR count). The van der Waals surface area contributed by atoms with E-state index in [1.807, 2.05) is 11.3 Å². The van der Waals surface area contributed by atoms with E-state index in [1.54, 1.807) is 0 Å². The van der Waals surface area contributed by atoms with Gasteiger partial charge in [-0.3, -0.25) is 0 Å². The minimum atomic E-state index is 1.25. The standard InChI is InChI=1S/C32H20S/c1-3-10-28-21(6-1)12-14-25-18-24(16-17-29(25)28)23-8-5-9-26(19-23)31-20-27-15-13-22-7-2-4-11-30(22)32(27)33-31/h1-20H. The third-order valence-electron chi connectivity index (χ3n) is 6.63. The summed E-state index contributed by atoms with van der Waals surface area (Å²) >= 11 is 1.89. The largest absolute Gasteiger partial charge is 0.135 e. The zero-order valence-electron chi connectivity index (χ0n) is 18.0. The Kier molecular flexibility index (Phi) is 4.12. The molecule has 1 heteroatoms. The molecule has 0 bridgehead atoms. The van der Waals surface area contributed by atoms with Gasteiger partial charge in [0.25, 0.3) is 0 Å². The molecule has 0 aliphatic carbocycles. The average molecular weight is 437 g/mol. The van der Waals surface area contributed by atoms with E-state index in [1.165, 1.54) is 64.0 Å². The van der Waals surface area contributed by atoms with Crippen LogP contribution < -0.4 is 0 Å². The Morgan fingerprint density at radius 2 is 1.00 bits per heavy atom. The maximum atomic E-state index is 2.33. The van der Waals surface area contributed by atoms with Gasteiger partial charge in [-0.25, -0.2) is 0 Å². The van der Waals surface area contributed by atoms with Gasteiger partial charge in [0, 0.05) is 9.58 Å². The van der Waals surface area contributed by atoms with E-state index in [0.29, 0.717) is 0 Å². The van der Waals surface area contributed by atoms with Crippen molar-refractivity contribution in [3.8, 4) is 21.6 Å². The summed E-state index contributed by atoms with van der Waals surface area (Å²) in [5, 5.41) is 9.15. The molecule has 1 aromatic heterocycles. The van der Waals surface area contributed by atoms with Gasteiger partial charge >= 0.3 is 0 Å². The normalized spacial score (nSPS) is 11.6. The molecule has 33 heavy (non-hydrogen) atoms. The molecule has 1 heterocycles. The quantitative estimate of drug-likeness (QED) is 0.237. The van der Waals surface area contributed by atoms with Crippen molar-refractivity contribution in [2.24, 2.45) is 0 Å². The molecule has 7 aromatic rings. The fraction of sp³-hybridized carbons (Fsp3) is 0. The van der Waals surface area contributed by atoms with Crippen LogP contribution in [0.4, 0.5) is 0 Å². The van der Waals surface area contributed by atoms with Gasteiger partial charge in [-0.1, -0.05) is 103 Å². The van der Waals surface area contributed by atoms with Crippen molar-refractivity contribution in [2.75, 3.05) is 0 Å². The lowest BCUT2D eigenvalue weighted by atomic mass is 9.96. The van der Waals surface area contributed by atoms with E-state index in [0.717, 1.165) is 0 Å². The van der Waals surface area contributed by atoms with Crippen LogP contribution >= 0.6 is 11.3 Å². The van der Waals surface area contributed by atoms with Crippen LogP contribution in [-0.2, 0) is 0 Å². The van der Waals surface area contributed by atoms with Crippen molar-refractivity contribution in [2.45, 2.75) is 0 Å². The smallest absolute Gasteiger partial charge is 0.0427 e. The molecule has 0 fully saturated rings. The Balaban J connectivity index is 1.35. The average Bonchev–Trinajstić information content (AvgIpc) is 3.33. The zero-order valence-corrected chi connectivity index (χ0v) is 18.8. The molecule has 0 aliphatic heterocycles. The van der Waals surface area contributed by atoms with Crippen LogP contribution in [0.5, 0.6) is 0 Å². The molecule has 0 nitrogen and oxygen atoms in total. The lowest BCUT2D eigenvalue weighted by molar-refractivity contribution is 1.64. The van der Waals surface area contributed by atoms with Crippen molar-refractivity contribution >= 4 is 53.7 Å². The van der Waals surface area contributed by atoms with E-state index in [9.17, 15) is 0 Å². The van der Waals surface area contributed by atoms with E-state index < -0.39 is 0 Å². The third kappa shape index (κ3) is 3.05. The molecule has 0 unspecified atom stereocenters. The topological polar surface area (TPSA) is 0 Å². The summed E-state index contributed by atoms with van der Waals surface area (Å²) in [6.07, 6.45) is 0. The van der Waals surface area contributed by atoms with Crippen LogP contribution in [0.1, 0.15) is 0 Å². The van der Waals surface area contributed by atoms with Crippen molar-refractivity contribution in [1.29, 1.82) is 0 Å². The molecular formula is C32H20S. The number of thiophene rings is 1. The fourth-order valence-corrected chi connectivity index (χ4v) is 6.15. The summed E-state index contributed by atoms with van der Waals surface area (Å²) in [4.78, 5) is 1.31. The van der Waals surface area contributed by atoms with E-state index in [2.05, 4.69) is 121 Å². The van der Waals surface area contributed by atoms with E-state index >= 15 is 0 Å². The summed E-state index contributed by atoms with van der Waals surface area (Å²) in [6.45, 7) is 0. The maximum Gasteiger partial charge on any atom is 0.0427 e. The van der Waals surface area contributed by atoms with Crippen LogP contribution in [-0.4, -0.2) is 0 Å². The summed E-state index contributed by atoms with van der Waals surface area (Å²) < 4.78 is 1.37. The van der Waals surface area contributed by atoms with Crippen molar-refractivity contribution in [3.05, 3.63) is 121 Å². The summed E-state index contributed by atoms with van der Waals surface area (Å²) in [7, 11) is 0. The van der Waals surface area contributed by atoms with Gasteiger partial charge in [0.05, 0.1) is 0 Å². The number of fused-ring (bicyclic) bond motifs is 6. The van der Waals surface area contributed by atoms with Crippen molar-refractivity contribution < 1.29 is 0 Å². The van der Waals surface area contributed by atoms with Crippen molar-refractivity contribution in [3.63, 3.8) is 0 Å². The lowest BCUT2D eigenvalue weighted by Gasteiger charge is -2.08. The van der Waals surface area contributed by atoms with Gasteiger partial charge in [0.2, 0.25) is 0 Å². The van der Waals surface area contributed by atoms with Gasteiger partial charge in [-0.15, -0.1) is 11.3 Å². The molecule has 6 aromatic carbocycles. The Labute approximate surface area is 196 Å². The Morgan fingerprint density at radius 3 is 1.88 bits per heavy atom. The lowest BCUT2D eigenvalue weighted by Crippen LogP contribution is -1.82. The second-order valence-corrected chi connectivity index (χ2v) is 9.67. The van der Waals surface area contributed by atoms with E-state index in [-0.39, 0.29) is 0 Å². The summed E-state index contributed by atoms with van der Waals surface area (Å²) in [5.41, 5.74) is 3.78. The highest BCUT2D eigenvalue weighted by Crippen LogP contribution is 2.39. The van der Waals surface area contributed by atoms with Gasteiger partial charge in [0.1, 0.15) is 0 Å². The predicted octanol–water partition coefficient (Wildman–Crippen LogP) is 9.69. The molecular weight excluding hydrogens is 416 g/mol. The molecule has 0 amide bonds. The minimum Gasteiger partial charge on any atom is -0.135 e. The molecule has 0 aliphatic rings. The van der Waals surface area contributed by atoms with Gasteiger partial charge < -0.3 is 0 Å². The number of benzene rings is 6. The first-order valence-corrected chi connectivity index (χ1v) is 12.1. The Hall–Kier alpha value is -3.94. The Morgan fingerprint density at radius 1 is 0.364 bits per heavy atom. The highest BCUT2D eigenvalue weighted by atomic mass is 32.1. The predicted molar refractivity (Wildman–Crippen MR) is 145 cm³/mol. The molecule has 0 radical (unpaired) electrons. The van der Waals surface area contributed by atoms with Crippen LogP contribution in [0.3, 0.4) is 0 Å². The van der Waals surface area contributed by atoms with Gasteiger partial charge in [-0.05, 0) is 72.6 Å². The first-order valence-electron chi connectivity index (χ1n) is 11.3. The number of rotatable bonds is 2. The van der Waals surface area contributed by atoms with Crippen LogP contribution in [0.25, 0.3) is 64.0 Å². The highest BCUT2D eigenvalue weighted by molar-refractivity contribution is 7.23. The monoisotopic (exact) mass is 436 g/mol. The van der Waals surface area contributed by atoms with Gasteiger partial charge in [0.15, 0.2) is 0 Å². The molecule has 0 spiro atoms. The summed E-state index contributed by atoms with van der Waals surface area (Å²) in [5.74, 6) is 0. The highest BCUT2D eigenvalue weighted by Gasteiger charge is 2.09. The molecule has 0 atom stereocenters. The van der Waals surface area contributed by atoms with Crippen LogP contribution in [0.2, 0.25) is 0 Å². The maximum absolute atomic E-state index is 2.33. The van der Waals surface area contributed by atoms with Gasteiger partial charge in [-0.2, -0.15) is 0 Å². The van der Waals surface area contributed by atoms with Crippen molar-refractivity contribution in [1.82, 2.24) is 0 Å². The Bertz CT molecular complexity index is 1820. The van der Waals surface area contributed by atoms with Crippen LogP contribution in [0.15, 0.2) is 121 Å². The molecule has 154 valence electrons. The zero-order chi connectivity index (χ0) is 21.8. The first-order chi connectivity index (χ1) is 16.3. The molecule has 0 saturated carbocycles. The minimum absolute atomic E-state index is 1.25. The van der Waals surface area contributed by atoms with Crippen LogP contribution in [0, 0.1) is 0 Å². The number of hydrogen-bond donors (Lipinski definition) is 0. The molecule has 0 N–H and O–H groups in total. The number of hydrogen-bond acceptors (Lipinski definition) is 1. The fourth-order valence-electron chi connectivity index (χ4n) is 4.96. The second kappa shape index (κ2) is 7.30. The molecule has 0 saturated heterocycles. The second-order valence-electron chi connectivity index (χ2n) is 8.62. The third-order valence-corrected chi connectivity index (χ3v) is 7.87.